The molecule has 7 heteroatoms. The van der Waals surface area contributed by atoms with Gasteiger partial charge in [-0.25, -0.2) is 4.99 Å². The Hall–Kier alpha value is -1.61. The molecule has 30 heavy (non-hydrogen) atoms. The highest BCUT2D eigenvalue weighted by molar-refractivity contribution is 8.13. The van der Waals surface area contributed by atoms with Gasteiger partial charge in [0, 0.05) is 35.9 Å². The predicted octanol–water partition coefficient (Wildman–Crippen LogP) is 1.81. The van der Waals surface area contributed by atoms with Crippen molar-refractivity contribution < 1.29 is 38.6 Å². The van der Waals surface area contributed by atoms with Gasteiger partial charge in [0.05, 0.1) is 7.11 Å². The Morgan fingerprint density at radius 3 is 2.57 bits per heavy atom. The first-order chi connectivity index (χ1) is 13.7. The Morgan fingerprint density at radius 1 is 1.23 bits per heavy atom. The average Bonchev–Trinajstić information content (AvgIpc) is 2.65. The molecule has 0 radical (unpaired) electrons. The number of halogens is 1. The third kappa shape index (κ3) is 4.37. The maximum absolute atomic E-state index is 10.2. The van der Waals surface area contributed by atoms with Crippen LogP contribution in [0.5, 0.6) is 17.2 Å². The van der Waals surface area contributed by atoms with E-state index in [1.807, 2.05) is 25.3 Å². The van der Waals surface area contributed by atoms with Crippen LogP contribution in [0, 0.1) is 6.92 Å². The Morgan fingerprint density at radius 2 is 1.93 bits per heavy atom. The summed E-state index contributed by atoms with van der Waals surface area (Å²) in [6.07, 6.45) is 3.51. The topological polar surface area (TPSA) is 63.1 Å². The van der Waals surface area contributed by atoms with Gasteiger partial charge in [-0.05, 0) is 56.4 Å². The molecule has 0 fully saturated rings. The number of nitrogens with one attached hydrogen (secondary N) is 1. The monoisotopic (exact) mass is 539 g/mol. The van der Waals surface area contributed by atoms with E-state index in [0.29, 0.717) is 0 Å². The van der Waals surface area contributed by atoms with Gasteiger partial charge in [-0.15, -0.1) is 0 Å². The minimum absolute atomic E-state index is 0. The van der Waals surface area contributed by atoms with Crippen LogP contribution in [0.15, 0.2) is 41.4 Å². The molecule has 1 spiro atoms. The van der Waals surface area contributed by atoms with Crippen molar-refractivity contribution in [1.82, 2.24) is 5.32 Å². The maximum atomic E-state index is 10.2. The van der Waals surface area contributed by atoms with E-state index < -0.39 is 5.72 Å². The lowest BCUT2D eigenvalue weighted by Gasteiger charge is -2.47. The number of amidine groups is 1. The molecule has 2 aliphatic rings. The number of phenolic OH excluding ortho intramolecular Hbond substituents is 1. The second-order valence-corrected chi connectivity index (χ2v) is 9.35. The standard InChI is InChI=1S/C23H28N2O3S.HI/c1-14-10-16(26)11-19-20(14)18(15-6-8-17(27-4)9-7-15)12-23(28-19)13-22(2,3)24-21(25-23)29-5;/h6-11,18,26H,12-13H2,1-5H3,(H,24,25);1H/p-1. The van der Waals surface area contributed by atoms with Crippen LogP contribution in [0.3, 0.4) is 0 Å². The number of hydrogen-bond acceptors (Lipinski definition) is 6. The van der Waals surface area contributed by atoms with Crippen LogP contribution >= 0.6 is 11.8 Å². The van der Waals surface area contributed by atoms with E-state index >= 15 is 0 Å². The van der Waals surface area contributed by atoms with Crippen LogP contribution in [0.2, 0.25) is 0 Å². The largest absolute Gasteiger partial charge is 1.00 e. The molecular weight excluding hydrogens is 511 g/mol. The first-order valence-electron chi connectivity index (χ1n) is 9.83. The van der Waals surface area contributed by atoms with Gasteiger partial charge in [-0.2, -0.15) is 0 Å². The molecule has 0 aliphatic carbocycles. The van der Waals surface area contributed by atoms with Crippen molar-refractivity contribution in [2.45, 2.75) is 50.8 Å². The fourth-order valence-electron chi connectivity index (χ4n) is 4.62. The molecule has 0 amide bonds. The lowest BCUT2D eigenvalue weighted by Crippen LogP contribution is -3.00. The number of aliphatic imine (C=N–C) groups is 1. The smallest absolute Gasteiger partial charge is 0.206 e. The molecular formula is C23H28IN2O3S-. The number of phenols is 1. The summed E-state index contributed by atoms with van der Waals surface area (Å²) >= 11 is 1.60. The van der Waals surface area contributed by atoms with E-state index in [1.165, 1.54) is 5.56 Å². The summed E-state index contributed by atoms with van der Waals surface area (Å²) in [6, 6.07) is 11.8. The fraction of sp³-hybridized carbons (Fsp3) is 0.435. The molecule has 2 aromatic carbocycles. The molecule has 2 N–H and O–H groups in total. The van der Waals surface area contributed by atoms with Crippen molar-refractivity contribution in [3.05, 3.63) is 53.1 Å². The number of benzene rings is 2. The maximum Gasteiger partial charge on any atom is 0.206 e. The van der Waals surface area contributed by atoms with Gasteiger partial charge in [-0.3, -0.25) is 0 Å². The summed E-state index contributed by atoms with van der Waals surface area (Å²) in [5.41, 5.74) is 2.52. The van der Waals surface area contributed by atoms with Gasteiger partial charge in [0.25, 0.3) is 0 Å². The minimum Gasteiger partial charge on any atom is -1.00 e. The van der Waals surface area contributed by atoms with Crippen LogP contribution in [0.1, 0.15) is 49.3 Å². The van der Waals surface area contributed by atoms with Crippen molar-refractivity contribution in [3.63, 3.8) is 0 Å². The van der Waals surface area contributed by atoms with Crippen LogP contribution in [-0.2, 0) is 0 Å². The Kier molecular flexibility index (Phi) is 6.53. The van der Waals surface area contributed by atoms with E-state index in [-0.39, 0.29) is 41.2 Å². The van der Waals surface area contributed by atoms with Gasteiger partial charge >= 0.3 is 0 Å². The summed E-state index contributed by atoms with van der Waals surface area (Å²) in [5.74, 6) is 1.89. The van der Waals surface area contributed by atoms with Crippen LogP contribution in [0.4, 0.5) is 0 Å². The highest BCUT2D eigenvalue weighted by Crippen LogP contribution is 2.50. The summed E-state index contributed by atoms with van der Waals surface area (Å²) in [6.45, 7) is 6.38. The Balaban J connectivity index is 0.00000256. The Labute approximate surface area is 199 Å². The number of thioether (sulfide) groups is 1. The first kappa shape index (κ1) is 23.1. The molecule has 2 unspecified atom stereocenters. The molecule has 162 valence electrons. The molecule has 2 aromatic rings. The van der Waals surface area contributed by atoms with Gasteiger partial charge < -0.3 is 43.9 Å². The molecule has 2 aliphatic heterocycles. The number of methoxy groups -OCH3 is 1. The van der Waals surface area contributed by atoms with Crippen molar-refractivity contribution in [2.75, 3.05) is 13.4 Å². The normalized spacial score (nSPS) is 24.0. The quantitative estimate of drug-likeness (QED) is 0.571. The van der Waals surface area contributed by atoms with E-state index in [2.05, 4.69) is 31.3 Å². The number of aryl methyl sites for hydroxylation is 1. The van der Waals surface area contributed by atoms with Crippen molar-refractivity contribution >= 4 is 16.9 Å². The van der Waals surface area contributed by atoms with Crippen molar-refractivity contribution in [3.8, 4) is 17.2 Å². The second kappa shape index (κ2) is 8.49. The highest BCUT2D eigenvalue weighted by atomic mass is 127. The molecule has 0 saturated carbocycles. The number of aromatic hydroxyl groups is 1. The van der Waals surface area contributed by atoms with Gasteiger partial charge in [0.15, 0.2) is 5.17 Å². The third-order valence-electron chi connectivity index (χ3n) is 5.69. The second-order valence-electron chi connectivity index (χ2n) is 8.56. The number of ether oxygens (including phenoxy) is 2. The molecule has 0 bridgehead atoms. The van der Waals surface area contributed by atoms with Crippen LogP contribution < -0.4 is 38.8 Å². The lowest BCUT2D eigenvalue weighted by atomic mass is 9.76. The summed E-state index contributed by atoms with van der Waals surface area (Å²) in [5, 5.41) is 14.6. The van der Waals surface area contributed by atoms with E-state index in [4.69, 9.17) is 14.5 Å². The Bertz CT molecular complexity index is 962. The van der Waals surface area contributed by atoms with Crippen molar-refractivity contribution in [1.29, 1.82) is 0 Å². The summed E-state index contributed by atoms with van der Waals surface area (Å²) in [4.78, 5) is 4.99. The van der Waals surface area contributed by atoms with E-state index in [1.54, 1.807) is 31.0 Å². The van der Waals surface area contributed by atoms with Gasteiger partial charge in [0.1, 0.15) is 17.2 Å². The van der Waals surface area contributed by atoms with Gasteiger partial charge in [0.2, 0.25) is 5.72 Å². The molecule has 2 atom stereocenters. The number of nitrogens with zero attached hydrogens (tertiary/aromatic N) is 1. The zero-order valence-corrected chi connectivity index (χ0v) is 20.9. The summed E-state index contributed by atoms with van der Waals surface area (Å²) < 4.78 is 11.9. The third-order valence-corrected chi connectivity index (χ3v) is 6.27. The van der Waals surface area contributed by atoms with E-state index in [0.717, 1.165) is 40.6 Å². The van der Waals surface area contributed by atoms with Crippen LogP contribution in [0.25, 0.3) is 0 Å². The van der Waals surface area contributed by atoms with Crippen molar-refractivity contribution in [2.24, 2.45) is 4.99 Å². The highest BCUT2D eigenvalue weighted by Gasteiger charge is 2.48. The summed E-state index contributed by atoms with van der Waals surface area (Å²) in [7, 11) is 1.68. The average molecular weight is 539 g/mol. The molecule has 0 aromatic heterocycles. The number of hydrogen-bond donors (Lipinski definition) is 2. The van der Waals surface area contributed by atoms with Crippen LogP contribution in [-0.4, -0.2) is 34.9 Å². The zero-order chi connectivity index (χ0) is 20.8. The fourth-order valence-corrected chi connectivity index (χ4v) is 5.25. The molecule has 5 nitrogen and oxygen atoms in total. The zero-order valence-electron chi connectivity index (χ0n) is 18.0. The number of fused-ring (bicyclic) bond motifs is 1. The number of rotatable bonds is 2. The molecule has 2 heterocycles. The molecule has 4 rings (SSSR count). The minimum atomic E-state index is -0.676. The lowest BCUT2D eigenvalue weighted by molar-refractivity contribution is -0.0000483. The molecule has 0 saturated heterocycles. The predicted molar refractivity (Wildman–Crippen MR) is 118 cm³/mol. The van der Waals surface area contributed by atoms with Gasteiger partial charge in [-0.1, -0.05) is 23.9 Å². The first-order valence-corrected chi connectivity index (χ1v) is 11.1. The van der Waals surface area contributed by atoms with E-state index in [9.17, 15) is 5.11 Å². The SMILES string of the molecule is COc1ccc(C2CC3(CC(C)(C)NC(SC)=N3)Oc3cc(O)cc(C)c32)cc1.[I-].